The van der Waals surface area contributed by atoms with E-state index in [-0.39, 0.29) is 28.4 Å². The Balaban J connectivity index is 1.58. The van der Waals surface area contributed by atoms with Crippen LogP contribution in [-0.4, -0.2) is 26.7 Å². The van der Waals surface area contributed by atoms with Gasteiger partial charge in [-0.2, -0.15) is 0 Å². The molecule has 1 N–H and O–H groups in total. The Hall–Kier alpha value is -2.61. The molecule has 6 nitrogen and oxygen atoms in total. The van der Waals surface area contributed by atoms with Crippen LogP contribution in [0, 0.1) is 5.82 Å². The molecule has 0 amide bonds. The van der Waals surface area contributed by atoms with Crippen molar-refractivity contribution in [1.82, 2.24) is 15.2 Å². The fourth-order valence-corrected chi connectivity index (χ4v) is 2.59. The third-order valence-corrected chi connectivity index (χ3v) is 3.95. The molecular weight excluding hydrogens is 333 g/mol. The van der Waals surface area contributed by atoms with Gasteiger partial charge < -0.3 is 14.1 Å². The average molecular weight is 347 g/mol. The number of thioether (sulfide) groups is 1. The molecule has 2 heterocycles. The SMILES string of the molecule is CC(Oc1ccccc1F)c1nnc(SCC(=O)c2ccc[nH]2)o1. The van der Waals surface area contributed by atoms with Crippen LogP contribution in [0.25, 0.3) is 0 Å². The number of nitrogens with one attached hydrogen (secondary N) is 1. The van der Waals surface area contributed by atoms with Crippen molar-refractivity contribution >= 4 is 17.5 Å². The third-order valence-electron chi connectivity index (χ3n) is 3.14. The molecule has 1 unspecified atom stereocenters. The molecule has 0 saturated heterocycles. The normalized spacial score (nSPS) is 12.1. The van der Waals surface area contributed by atoms with Crippen molar-refractivity contribution in [2.75, 3.05) is 5.75 Å². The Kier molecular flexibility index (Phi) is 4.95. The molecule has 0 fully saturated rings. The van der Waals surface area contributed by atoms with Gasteiger partial charge in [0, 0.05) is 6.20 Å². The molecule has 0 saturated carbocycles. The lowest BCUT2D eigenvalue weighted by molar-refractivity contribution is 0.101. The van der Waals surface area contributed by atoms with Crippen molar-refractivity contribution in [3.05, 3.63) is 60.0 Å². The quantitative estimate of drug-likeness (QED) is 0.519. The number of rotatable bonds is 7. The molecule has 124 valence electrons. The number of benzene rings is 1. The second kappa shape index (κ2) is 7.31. The summed E-state index contributed by atoms with van der Waals surface area (Å²) in [6.07, 6.45) is 1.08. The number of para-hydroxylation sites is 1. The standard InChI is InChI=1S/C16H14FN3O3S/c1-10(22-14-7-3-2-5-11(14)17)15-19-20-16(23-15)24-9-13(21)12-6-4-8-18-12/h2-8,10,18H,9H2,1H3. The number of hydrogen-bond donors (Lipinski definition) is 1. The van der Waals surface area contributed by atoms with Crippen LogP contribution in [0.2, 0.25) is 0 Å². The van der Waals surface area contributed by atoms with E-state index in [2.05, 4.69) is 15.2 Å². The predicted octanol–water partition coefficient (Wildman–Crippen LogP) is 3.65. The second-order valence-corrected chi connectivity index (χ2v) is 5.82. The van der Waals surface area contributed by atoms with Crippen LogP contribution in [0.4, 0.5) is 4.39 Å². The van der Waals surface area contributed by atoms with Crippen molar-refractivity contribution in [2.45, 2.75) is 18.3 Å². The first-order chi connectivity index (χ1) is 11.6. The molecule has 1 aromatic carbocycles. The number of ether oxygens (including phenoxy) is 1. The van der Waals surface area contributed by atoms with Crippen molar-refractivity contribution in [1.29, 1.82) is 0 Å². The molecule has 3 aromatic rings. The number of Topliss-reactive ketones (excluding diaryl/α,β-unsaturated/α-hetero) is 1. The van der Waals surface area contributed by atoms with Crippen LogP contribution in [0.5, 0.6) is 5.75 Å². The number of carbonyl (C=O) groups is 1. The number of aromatic nitrogens is 3. The van der Waals surface area contributed by atoms with E-state index < -0.39 is 11.9 Å². The molecule has 0 aliphatic rings. The summed E-state index contributed by atoms with van der Waals surface area (Å²) in [5.74, 6) is -0.0344. The molecule has 3 rings (SSSR count). The molecule has 1 atom stereocenters. The van der Waals surface area contributed by atoms with Crippen molar-refractivity contribution in [2.24, 2.45) is 0 Å². The summed E-state index contributed by atoms with van der Waals surface area (Å²) in [4.78, 5) is 14.7. The van der Waals surface area contributed by atoms with Crippen LogP contribution in [0.3, 0.4) is 0 Å². The number of carbonyl (C=O) groups excluding carboxylic acids is 1. The molecule has 0 bridgehead atoms. The summed E-state index contributed by atoms with van der Waals surface area (Å²) in [5, 5.41) is 8.00. The lowest BCUT2D eigenvalue weighted by atomic mass is 10.3. The van der Waals surface area contributed by atoms with Crippen LogP contribution in [-0.2, 0) is 0 Å². The van der Waals surface area contributed by atoms with Crippen molar-refractivity contribution < 1.29 is 18.3 Å². The highest BCUT2D eigenvalue weighted by Crippen LogP contribution is 2.25. The second-order valence-electron chi connectivity index (χ2n) is 4.89. The fourth-order valence-electron chi connectivity index (χ4n) is 1.93. The fraction of sp³-hybridized carbons (Fsp3) is 0.188. The van der Waals surface area contributed by atoms with Gasteiger partial charge in [0.25, 0.3) is 11.1 Å². The van der Waals surface area contributed by atoms with E-state index >= 15 is 0 Å². The van der Waals surface area contributed by atoms with Gasteiger partial charge >= 0.3 is 0 Å². The van der Waals surface area contributed by atoms with Crippen molar-refractivity contribution in [3.63, 3.8) is 0 Å². The van der Waals surface area contributed by atoms with Gasteiger partial charge in [0.1, 0.15) is 0 Å². The zero-order valence-corrected chi connectivity index (χ0v) is 13.5. The molecule has 8 heteroatoms. The maximum absolute atomic E-state index is 13.6. The zero-order chi connectivity index (χ0) is 16.9. The summed E-state index contributed by atoms with van der Waals surface area (Å²) < 4.78 is 24.5. The molecule has 0 spiro atoms. The molecule has 0 radical (unpaired) electrons. The first kappa shape index (κ1) is 16.3. The molecule has 24 heavy (non-hydrogen) atoms. The Labute approximate surface area is 141 Å². The van der Waals surface area contributed by atoms with Crippen LogP contribution < -0.4 is 4.74 Å². The van der Waals surface area contributed by atoms with Gasteiger partial charge in [-0.05, 0) is 31.2 Å². The molecule has 2 aromatic heterocycles. The monoisotopic (exact) mass is 347 g/mol. The van der Waals surface area contributed by atoms with Gasteiger partial charge in [0.2, 0.25) is 0 Å². The van der Waals surface area contributed by atoms with Gasteiger partial charge in [-0.3, -0.25) is 4.79 Å². The lowest BCUT2D eigenvalue weighted by Crippen LogP contribution is -2.04. The van der Waals surface area contributed by atoms with Gasteiger partial charge in [-0.15, -0.1) is 10.2 Å². The molecule has 0 aliphatic heterocycles. The Morgan fingerprint density at radius 3 is 2.92 bits per heavy atom. The van der Waals surface area contributed by atoms with Gasteiger partial charge in [0.05, 0.1) is 11.4 Å². The van der Waals surface area contributed by atoms with Gasteiger partial charge in [-0.1, -0.05) is 23.9 Å². The lowest BCUT2D eigenvalue weighted by Gasteiger charge is -2.11. The highest BCUT2D eigenvalue weighted by atomic mass is 32.2. The highest BCUT2D eigenvalue weighted by molar-refractivity contribution is 7.99. The van der Waals surface area contributed by atoms with E-state index in [1.165, 1.54) is 12.1 Å². The Morgan fingerprint density at radius 1 is 1.33 bits per heavy atom. The summed E-state index contributed by atoms with van der Waals surface area (Å²) in [6, 6.07) is 9.54. The number of halogens is 1. The largest absolute Gasteiger partial charge is 0.478 e. The summed E-state index contributed by atoms with van der Waals surface area (Å²) >= 11 is 1.14. The number of hydrogen-bond acceptors (Lipinski definition) is 6. The van der Waals surface area contributed by atoms with Crippen LogP contribution >= 0.6 is 11.8 Å². The first-order valence-electron chi connectivity index (χ1n) is 7.17. The van der Waals surface area contributed by atoms with E-state index in [0.717, 1.165) is 11.8 Å². The molecule has 0 aliphatic carbocycles. The summed E-state index contributed by atoms with van der Waals surface area (Å²) in [5.41, 5.74) is 0.526. The number of H-pyrrole nitrogens is 1. The number of ketones is 1. The molecular formula is C16H14FN3O3S. The smallest absolute Gasteiger partial charge is 0.277 e. The van der Waals surface area contributed by atoms with E-state index in [4.69, 9.17) is 9.15 Å². The Morgan fingerprint density at radius 2 is 2.17 bits per heavy atom. The zero-order valence-electron chi connectivity index (χ0n) is 12.7. The maximum atomic E-state index is 13.6. The van der Waals surface area contributed by atoms with Gasteiger partial charge in [0.15, 0.2) is 23.5 Å². The minimum Gasteiger partial charge on any atom is -0.478 e. The predicted molar refractivity (Wildman–Crippen MR) is 85.6 cm³/mol. The average Bonchev–Trinajstić information content (AvgIpc) is 3.26. The summed E-state index contributed by atoms with van der Waals surface area (Å²) in [7, 11) is 0. The van der Waals surface area contributed by atoms with E-state index in [1.54, 1.807) is 37.4 Å². The number of nitrogens with zero attached hydrogens (tertiary/aromatic N) is 2. The number of aromatic amines is 1. The minimum absolute atomic E-state index is 0.0691. The van der Waals surface area contributed by atoms with Crippen LogP contribution in [0.1, 0.15) is 29.4 Å². The van der Waals surface area contributed by atoms with Crippen molar-refractivity contribution in [3.8, 4) is 5.75 Å². The van der Waals surface area contributed by atoms with Gasteiger partial charge in [-0.25, -0.2) is 4.39 Å². The van der Waals surface area contributed by atoms with E-state index in [9.17, 15) is 9.18 Å². The summed E-state index contributed by atoms with van der Waals surface area (Å²) in [6.45, 7) is 1.68. The highest BCUT2D eigenvalue weighted by Gasteiger charge is 2.18. The van der Waals surface area contributed by atoms with E-state index in [0.29, 0.717) is 5.69 Å². The maximum Gasteiger partial charge on any atom is 0.277 e. The first-order valence-corrected chi connectivity index (χ1v) is 8.16. The topological polar surface area (TPSA) is 81.0 Å². The Bertz CT molecular complexity index is 820. The third kappa shape index (κ3) is 3.83. The van der Waals surface area contributed by atoms with Crippen LogP contribution in [0.15, 0.2) is 52.2 Å². The van der Waals surface area contributed by atoms with E-state index in [1.807, 2.05) is 0 Å². The minimum atomic E-state index is -0.608.